The summed E-state index contributed by atoms with van der Waals surface area (Å²) in [5, 5.41) is 2.58. The summed E-state index contributed by atoms with van der Waals surface area (Å²) in [7, 11) is 0. The molecular formula is C17H19N3. The van der Waals surface area contributed by atoms with Crippen molar-refractivity contribution in [2.75, 3.05) is 0 Å². The fraction of sp³-hybridized carbons (Fsp3) is 0.235. The molecule has 1 atom stereocenters. The highest BCUT2D eigenvalue weighted by Gasteiger charge is 2.07. The molecule has 0 aliphatic heterocycles. The SMILES string of the molecule is CC(N)Cc1nccn1Cc1cccc2ccccc12. The van der Waals surface area contributed by atoms with Crippen LogP contribution in [0, 0.1) is 0 Å². The Hall–Kier alpha value is -2.13. The van der Waals surface area contributed by atoms with E-state index in [1.54, 1.807) is 0 Å². The Kier molecular flexibility index (Phi) is 3.52. The summed E-state index contributed by atoms with van der Waals surface area (Å²) < 4.78 is 2.19. The van der Waals surface area contributed by atoms with Crippen LogP contribution in [0.3, 0.4) is 0 Å². The van der Waals surface area contributed by atoms with Crippen molar-refractivity contribution < 1.29 is 0 Å². The molecule has 20 heavy (non-hydrogen) atoms. The predicted octanol–water partition coefficient (Wildman–Crippen LogP) is 2.97. The number of aromatic nitrogens is 2. The van der Waals surface area contributed by atoms with Gasteiger partial charge < -0.3 is 10.3 Å². The van der Waals surface area contributed by atoms with E-state index in [9.17, 15) is 0 Å². The molecular weight excluding hydrogens is 246 g/mol. The molecule has 0 amide bonds. The van der Waals surface area contributed by atoms with Crippen LogP contribution in [-0.2, 0) is 13.0 Å². The summed E-state index contributed by atoms with van der Waals surface area (Å²) in [4.78, 5) is 4.42. The number of nitrogens with two attached hydrogens (primary N) is 1. The average Bonchev–Trinajstić information content (AvgIpc) is 2.86. The van der Waals surface area contributed by atoms with Crippen LogP contribution in [0.5, 0.6) is 0 Å². The van der Waals surface area contributed by atoms with Crippen LogP contribution < -0.4 is 5.73 Å². The number of benzene rings is 2. The van der Waals surface area contributed by atoms with E-state index in [1.807, 2.05) is 19.3 Å². The molecule has 2 aromatic carbocycles. The lowest BCUT2D eigenvalue weighted by molar-refractivity contribution is 0.649. The zero-order valence-electron chi connectivity index (χ0n) is 11.7. The maximum atomic E-state index is 5.88. The van der Waals surface area contributed by atoms with Gasteiger partial charge in [-0.1, -0.05) is 42.5 Å². The van der Waals surface area contributed by atoms with Gasteiger partial charge in [-0.25, -0.2) is 4.98 Å². The summed E-state index contributed by atoms with van der Waals surface area (Å²) in [6.45, 7) is 2.85. The van der Waals surface area contributed by atoms with E-state index in [0.29, 0.717) is 0 Å². The highest BCUT2D eigenvalue weighted by molar-refractivity contribution is 5.85. The monoisotopic (exact) mass is 265 g/mol. The molecule has 2 N–H and O–H groups in total. The Morgan fingerprint density at radius 2 is 1.95 bits per heavy atom. The largest absolute Gasteiger partial charge is 0.330 e. The van der Waals surface area contributed by atoms with Crippen LogP contribution in [0.1, 0.15) is 18.3 Å². The van der Waals surface area contributed by atoms with Crippen molar-refractivity contribution >= 4 is 10.8 Å². The van der Waals surface area contributed by atoms with Crippen molar-refractivity contribution in [2.45, 2.75) is 25.9 Å². The van der Waals surface area contributed by atoms with E-state index in [-0.39, 0.29) is 6.04 Å². The molecule has 3 nitrogen and oxygen atoms in total. The first kappa shape index (κ1) is 12.9. The number of nitrogens with zero attached hydrogens (tertiary/aromatic N) is 2. The van der Waals surface area contributed by atoms with Gasteiger partial charge in [0, 0.05) is 31.4 Å². The minimum absolute atomic E-state index is 0.128. The number of fused-ring (bicyclic) bond motifs is 1. The molecule has 3 heteroatoms. The van der Waals surface area contributed by atoms with E-state index in [4.69, 9.17) is 5.73 Å². The molecule has 1 heterocycles. The maximum absolute atomic E-state index is 5.88. The van der Waals surface area contributed by atoms with Gasteiger partial charge in [-0.2, -0.15) is 0 Å². The highest BCUT2D eigenvalue weighted by atomic mass is 15.1. The second-order valence-electron chi connectivity index (χ2n) is 5.29. The van der Waals surface area contributed by atoms with Gasteiger partial charge in [0.05, 0.1) is 0 Å². The predicted molar refractivity (Wildman–Crippen MR) is 82.6 cm³/mol. The van der Waals surface area contributed by atoms with Crippen molar-refractivity contribution in [3.8, 4) is 0 Å². The van der Waals surface area contributed by atoms with Gasteiger partial charge in [-0.3, -0.25) is 0 Å². The number of rotatable bonds is 4. The summed E-state index contributed by atoms with van der Waals surface area (Å²) in [6.07, 6.45) is 4.68. The van der Waals surface area contributed by atoms with Crippen LogP contribution in [-0.4, -0.2) is 15.6 Å². The van der Waals surface area contributed by atoms with Crippen molar-refractivity contribution in [3.63, 3.8) is 0 Å². The molecule has 0 saturated heterocycles. The van der Waals surface area contributed by atoms with Crippen LogP contribution in [0.15, 0.2) is 54.9 Å². The van der Waals surface area contributed by atoms with E-state index in [2.05, 4.69) is 52.0 Å². The third-order valence-corrected chi connectivity index (χ3v) is 3.53. The standard InChI is InChI=1S/C17H19N3/c1-13(18)11-17-19-9-10-20(17)12-15-7-4-6-14-5-2-3-8-16(14)15/h2-10,13H,11-12,18H2,1H3. The Morgan fingerprint density at radius 3 is 2.80 bits per heavy atom. The van der Waals surface area contributed by atoms with Crippen molar-refractivity contribution in [1.29, 1.82) is 0 Å². The molecule has 0 aliphatic rings. The lowest BCUT2D eigenvalue weighted by Crippen LogP contribution is -2.20. The zero-order chi connectivity index (χ0) is 13.9. The molecule has 1 unspecified atom stereocenters. The first-order chi connectivity index (χ1) is 9.74. The summed E-state index contributed by atoms with van der Waals surface area (Å²) in [6, 6.07) is 15.0. The second kappa shape index (κ2) is 5.47. The smallest absolute Gasteiger partial charge is 0.110 e. The molecule has 0 bridgehead atoms. The molecule has 3 aromatic rings. The summed E-state index contributed by atoms with van der Waals surface area (Å²) in [5.74, 6) is 1.05. The van der Waals surface area contributed by atoms with Crippen molar-refractivity contribution in [3.05, 3.63) is 66.2 Å². The average molecular weight is 265 g/mol. The fourth-order valence-corrected chi connectivity index (χ4v) is 2.58. The highest BCUT2D eigenvalue weighted by Crippen LogP contribution is 2.20. The lowest BCUT2D eigenvalue weighted by Gasteiger charge is -2.11. The molecule has 3 rings (SSSR count). The molecule has 0 radical (unpaired) electrons. The molecule has 0 spiro atoms. The molecule has 0 aliphatic carbocycles. The molecule has 102 valence electrons. The van der Waals surface area contributed by atoms with Crippen LogP contribution in [0.25, 0.3) is 10.8 Å². The van der Waals surface area contributed by atoms with Crippen LogP contribution >= 0.6 is 0 Å². The van der Waals surface area contributed by atoms with E-state index in [1.165, 1.54) is 16.3 Å². The van der Waals surface area contributed by atoms with Gasteiger partial charge in [-0.05, 0) is 23.3 Å². The Bertz CT molecular complexity index is 708. The topological polar surface area (TPSA) is 43.8 Å². The van der Waals surface area contributed by atoms with Crippen LogP contribution in [0.2, 0.25) is 0 Å². The Morgan fingerprint density at radius 1 is 1.15 bits per heavy atom. The fourth-order valence-electron chi connectivity index (χ4n) is 2.58. The van der Waals surface area contributed by atoms with Crippen molar-refractivity contribution in [1.82, 2.24) is 9.55 Å². The minimum Gasteiger partial charge on any atom is -0.330 e. The number of hydrogen-bond acceptors (Lipinski definition) is 2. The number of hydrogen-bond donors (Lipinski definition) is 1. The molecule has 0 fully saturated rings. The summed E-state index contributed by atoms with van der Waals surface area (Å²) >= 11 is 0. The van der Waals surface area contributed by atoms with Gasteiger partial charge in [-0.15, -0.1) is 0 Å². The summed E-state index contributed by atoms with van der Waals surface area (Å²) in [5.41, 5.74) is 7.20. The van der Waals surface area contributed by atoms with Gasteiger partial charge >= 0.3 is 0 Å². The first-order valence-electron chi connectivity index (χ1n) is 6.96. The molecule has 1 aromatic heterocycles. The quantitative estimate of drug-likeness (QED) is 0.788. The van der Waals surface area contributed by atoms with Gasteiger partial charge in [0.25, 0.3) is 0 Å². The number of imidazole rings is 1. The molecule has 0 saturated carbocycles. The Balaban J connectivity index is 1.96. The van der Waals surface area contributed by atoms with E-state index >= 15 is 0 Å². The second-order valence-corrected chi connectivity index (χ2v) is 5.29. The first-order valence-corrected chi connectivity index (χ1v) is 6.96. The third-order valence-electron chi connectivity index (χ3n) is 3.53. The Labute approximate surface area is 119 Å². The van der Waals surface area contributed by atoms with Crippen LogP contribution in [0.4, 0.5) is 0 Å². The minimum atomic E-state index is 0.128. The third kappa shape index (κ3) is 2.58. The van der Waals surface area contributed by atoms with Gasteiger partial charge in [0.1, 0.15) is 5.82 Å². The maximum Gasteiger partial charge on any atom is 0.110 e. The van der Waals surface area contributed by atoms with Crippen molar-refractivity contribution in [2.24, 2.45) is 5.73 Å². The normalized spacial score (nSPS) is 12.7. The van der Waals surface area contributed by atoms with E-state index < -0.39 is 0 Å². The van der Waals surface area contributed by atoms with Gasteiger partial charge in [0.2, 0.25) is 0 Å². The van der Waals surface area contributed by atoms with Gasteiger partial charge in [0.15, 0.2) is 0 Å². The van der Waals surface area contributed by atoms with E-state index in [0.717, 1.165) is 18.8 Å². The lowest BCUT2D eigenvalue weighted by atomic mass is 10.0. The zero-order valence-corrected chi connectivity index (χ0v) is 11.7.